The summed E-state index contributed by atoms with van der Waals surface area (Å²) in [5, 5.41) is 2.78. The van der Waals surface area contributed by atoms with Crippen molar-refractivity contribution in [1.82, 2.24) is 5.32 Å². The fraction of sp³-hybridized carbons (Fsp3) is 0.300. The number of nitrogen functional groups attached to an aromatic ring is 1. The van der Waals surface area contributed by atoms with Crippen LogP contribution >= 0.6 is 12.4 Å². The number of halogens is 1. The summed E-state index contributed by atoms with van der Waals surface area (Å²) < 4.78 is 4.81. The number of amides is 1. The average Bonchev–Trinajstić information content (AvgIpc) is 2.60. The van der Waals surface area contributed by atoms with E-state index in [0.717, 1.165) is 11.1 Å². The normalized spacial score (nSPS) is 11.4. The van der Waals surface area contributed by atoms with Crippen molar-refractivity contribution in [2.45, 2.75) is 26.3 Å². The molecule has 5 nitrogen and oxygen atoms in total. The van der Waals surface area contributed by atoms with Gasteiger partial charge in [0.2, 0.25) is 0 Å². The number of hydrogen-bond acceptors (Lipinski definition) is 4. The number of rotatable bonds is 6. The first-order valence-electron chi connectivity index (χ1n) is 8.26. The van der Waals surface area contributed by atoms with E-state index in [4.69, 9.17) is 10.5 Å². The number of nitrogens with two attached hydrogens (primary N) is 1. The second-order valence-electron chi connectivity index (χ2n) is 6.35. The molecule has 0 saturated carbocycles. The molecule has 0 aliphatic carbocycles. The van der Waals surface area contributed by atoms with Crippen molar-refractivity contribution in [3.8, 4) is 11.1 Å². The molecule has 2 aromatic rings. The van der Waals surface area contributed by atoms with Crippen LogP contribution in [0, 0.1) is 5.92 Å². The number of methoxy groups -OCH3 is 1. The first-order chi connectivity index (χ1) is 11.9. The zero-order chi connectivity index (χ0) is 18.4. The highest BCUT2D eigenvalue weighted by atomic mass is 35.5. The van der Waals surface area contributed by atoms with Gasteiger partial charge in [-0.3, -0.25) is 4.79 Å². The van der Waals surface area contributed by atoms with Gasteiger partial charge in [-0.05, 0) is 35.6 Å². The van der Waals surface area contributed by atoms with E-state index >= 15 is 0 Å². The Morgan fingerprint density at radius 3 is 2.35 bits per heavy atom. The standard InChI is InChI=1S/C20H24N2O3.ClH/c1-13(2)11-18(20(24)25-3)22-19(23)17-12-15(21)9-10-16(17)14-7-5-4-6-8-14;/h4-10,12-13,18H,11,21H2,1-3H3,(H,22,23);1H. The largest absolute Gasteiger partial charge is 0.467 e. The fourth-order valence-electron chi connectivity index (χ4n) is 2.68. The number of carbonyl (C=O) groups is 2. The van der Waals surface area contributed by atoms with Gasteiger partial charge >= 0.3 is 5.97 Å². The number of hydrogen-bond donors (Lipinski definition) is 2. The lowest BCUT2D eigenvalue weighted by atomic mass is 9.97. The number of nitrogens with one attached hydrogen (secondary N) is 1. The smallest absolute Gasteiger partial charge is 0.328 e. The van der Waals surface area contributed by atoms with Crippen LogP contribution in [-0.2, 0) is 9.53 Å². The summed E-state index contributed by atoms with van der Waals surface area (Å²) in [6.07, 6.45) is 0.501. The molecule has 1 atom stereocenters. The van der Waals surface area contributed by atoms with E-state index in [-0.39, 0.29) is 24.2 Å². The van der Waals surface area contributed by atoms with Crippen LogP contribution in [0.25, 0.3) is 11.1 Å². The minimum atomic E-state index is -0.692. The van der Waals surface area contributed by atoms with Gasteiger partial charge in [0.1, 0.15) is 6.04 Å². The van der Waals surface area contributed by atoms with Gasteiger partial charge in [0.15, 0.2) is 0 Å². The maximum Gasteiger partial charge on any atom is 0.328 e. The zero-order valence-electron chi connectivity index (χ0n) is 15.2. The van der Waals surface area contributed by atoms with E-state index in [0.29, 0.717) is 17.7 Å². The lowest BCUT2D eigenvalue weighted by Gasteiger charge is -2.19. The van der Waals surface area contributed by atoms with Gasteiger partial charge in [-0.1, -0.05) is 50.2 Å². The molecule has 1 unspecified atom stereocenters. The minimum Gasteiger partial charge on any atom is -0.467 e. The molecule has 0 aliphatic rings. The molecule has 1 amide bonds. The van der Waals surface area contributed by atoms with Crippen molar-refractivity contribution in [3.05, 3.63) is 54.1 Å². The van der Waals surface area contributed by atoms with Gasteiger partial charge in [0.05, 0.1) is 7.11 Å². The highest BCUT2D eigenvalue weighted by Gasteiger charge is 2.24. The molecule has 0 bridgehead atoms. The first-order valence-corrected chi connectivity index (χ1v) is 8.26. The number of esters is 1. The zero-order valence-corrected chi connectivity index (χ0v) is 16.0. The summed E-state index contributed by atoms with van der Waals surface area (Å²) in [4.78, 5) is 24.8. The number of anilines is 1. The van der Waals surface area contributed by atoms with Gasteiger partial charge in [0.25, 0.3) is 5.91 Å². The topological polar surface area (TPSA) is 81.4 Å². The molecule has 0 saturated heterocycles. The quantitative estimate of drug-likeness (QED) is 0.595. The SMILES string of the molecule is COC(=O)C(CC(C)C)NC(=O)c1cc(N)ccc1-c1ccccc1.Cl. The average molecular weight is 377 g/mol. The van der Waals surface area contributed by atoms with E-state index in [1.54, 1.807) is 12.1 Å². The Morgan fingerprint density at radius 2 is 1.77 bits per heavy atom. The molecule has 2 aromatic carbocycles. The Kier molecular flexibility index (Phi) is 8.13. The second-order valence-corrected chi connectivity index (χ2v) is 6.35. The maximum absolute atomic E-state index is 12.8. The summed E-state index contributed by atoms with van der Waals surface area (Å²) >= 11 is 0. The van der Waals surface area contributed by atoms with Crippen LogP contribution in [0.2, 0.25) is 0 Å². The van der Waals surface area contributed by atoms with Crippen LogP contribution in [0.3, 0.4) is 0 Å². The third-order valence-electron chi connectivity index (χ3n) is 3.87. The number of benzene rings is 2. The third kappa shape index (κ3) is 5.49. The lowest BCUT2D eigenvalue weighted by Crippen LogP contribution is -2.42. The molecule has 3 N–H and O–H groups in total. The molecule has 0 aliphatic heterocycles. The number of ether oxygens (including phenoxy) is 1. The molecule has 2 rings (SSSR count). The predicted octanol–water partition coefficient (Wildman–Crippen LogP) is 3.68. The molecule has 0 radical (unpaired) electrons. The van der Waals surface area contributed by atoms with Gasteiger partial charge in [-0.25, -0.2) is 4.79 Å². The monoisotopic (exact) mass is 376 g/mol. The fourth-order valence-corrected chi connectivity index (χ4v) is 2.68. The lowest BCUT2D eigenvalue weighted by molar-refractivity contribution is -0.143. The van der Waals surface area contributed by atoms with Crippen LogP contribution in [0.1, 0.15) is 30.6 Å². The van der Waals surface area contributed by atoms with E-state index < -0.39 is 12.0 Å². The summed E-state index contributed by atoms with van der Waals surface area (Å²) in [5.41, 5.74) is 8.47. The summed E-state index contributed by atoms with van der Waals surface area (Å²) in [7, 11) is 1.32. The summed E-state index contributed by atoms with van der Waals surface area (Å²) in [6, 6.07) is 14.1. The summed E-state index contributed by atoms with van der Waals surface area (Å²) in [6.45, 7) is 3.97. The van der Waals surface area contributed by atoms with Crippen molar-refractivity contribution >= 4 is 30.0 Å². The Morgan fingerprint density at radius 1 is 1.12 bits per heavy atom. The van der Waals surface area contributed by atoms with E-state index in [9.17, 15) is 9.59 Å². The van der Waals surface area contributed by atoms with E-state index in [1.807, 2.05) is 50.2 Å². The van der Waals surface area contributed by atoms with Crippen molar-refractivity contribution in [2.24, 2.45) is 5.92 Å². The van der Waals surface area contributed by atoms with Gasteiger partial charge in [0, 0.05) is 11.3 Å². The van der Waals surface area contributed by atoms with Gasteiger partial charge < -0.3 is 15.8 Å². The van der Waals surface area contributed by atoms with Crippen LogP contribution in [-0.4, -0.2) is 25.0 Å². The molecule has 0 fully saturated rings. The first kappa shape index (κ1) is 21.5. The Bertz CT molecular complexity index is 748. The van der Waals surface area contributed by atoms with Crippen molar-refractivity contribution in [2.75, 3.05) is 12.8 Å². The Balaban J connectivity index is 0.00000338. The number of carbonyl (C=O) groups excluding carboxylic acids is 2. The molecule has 26 heavy (non-hydrogen) atoms. The van der Waals surface area contributed by atoms with Crippen molar-refractivity contribution < 1.29 is 14.3 Å². The van der Waals surface area contributed by atoms with Crippen LogP contribution in [0.5, 0.6) is 0 Å². The van der Waals surface area contributed by atoms with Gasteiger partial charge in [-0.2, -0.15) is 0 Å². The van der Waals surface area contributed by atoms with E-state index in [1.165, 1.54) is 7.11 Å². The summed E-state index contributed by atoms with van der Waals surface area (Å²) in [5.74, 6) is -0.562. The van der Waals surface area contributed by atoms with Crippen LogP contribution in [0.15, 0.2) is 48.5 Å². The Labute approximate surface area is 160 Å². The predicted molar refractivity (Wildman–Crippen MR) is 106 cm³/mol. The molecule has 0 heterocycles. The molecule has 0 aromatic heterocycles. The molecular weight excluding hydrogens is 352 g/mol. The molecular formula is C20H25ClN2O3. The van der Waals surface area contributed by atoms with Crippen molar-refractivity contribution in [3.63, 3.8) is 0 Å². The van der Waals surface area contributed by atoms with Crippen molar-refractivity contribution in [1.29, 1.82) is 0 Å². The van der Waals surface area contributed by atoms with Crippen LogP contribution < -0.4 is 11.1 Å². The molecule has 6 heteroatoms. The second kappa shape index (κ2) is 9.82. The maximum atomic E-state index is 12.8. The van der Waals surface area contributed by atoms with Gasteiger partial charge in [-0.15, -0.1) is 12.4 Å². The Hall–Kier alpha value is -2.53. The molecule has 0 spiro atoms. The molecule has 140 valence electrons. The van der Waals surface area contributed by atoms with Crippen LogP contribution in [0.4, 0.5) is 5.69 Å². The van der Waals surface area contributed by atoms with E-state index in [2.05, 4.69) is 5.32 Å². The minimum absolute atomic E-state index is 0. The third-order valence-corrected chi connectivity index (χ3v) is 3.87. The highest BCUT2D eigenvalue weighted by Crippen LogP contribution is 2.26. The highest BCUT2D eigenvalue weighted by molar-refractivity contribution is 6.03.